The summed E-state index contributed by atoms with van der Waals surface area (Å²) < 4.78 is 0. The largest absolute Gasteiger partial charge is 0.300 e. The quantitative estimate of drug-likeness (QED) is 0.400. The van der Waals surface area contributed by atoms with Crippen LogP contribution in [0.2, 0.25) is 0 Å². The second-order valence-corrected chi connectivity index (χ2v) is 17.0. The van der Waals surface area contributed by atoms with E-state index < -0.39 is 0 Å². The first-order valence-electron chi connectivity index (χ1n) is 17.0. The highest BCUT2D eigenvalue weighted by Crippen LogP contribution is 2.49. The number of hydrogen-bond donors (Lipinski definition) is 0. The number of likely N-dealkylation sites (tertiary alicyclic amines) is 4. The van der Waals surface area contributed by atoms with Crippen molar-refractivity contribution in [2.75, 3.05) is 52.4 Å². The highest BCUT2D eigenvalue weighted by atomic mass is 15.3. The van der Waals surface area contributed by atoms with Crippen LogP contribution in [0, 0.1) is 28.1 Å². The molecule has 6 fully saturated rings. The van der Waals surface area contributed by atoms with Crippen LogP contribution in [0.4, 0.5) is 0 Å². The molecule has 6 rings (SSSR count). The van der Waals surface area contributed by atoms with E-state index in [1.54, 1.807) is 0 Å². The van der Waals surface area contributed by atoms with Crippen LogP contribution in [-0.4, -0.2) is 96.1 Å². The summed E-state index contributed by atoms with van der Waals surface area (Å²) in [6.45, 7) is 25.8. The first kappa shape index (κ1) is 28.0. The molecule has 4 heteroatoms. The second kappa shape index (κ2) is 10.6. The zero-order chi connectivity index (χ0) is 26.7. The summed E-state index contributed by atoms with van der Waals surface area (Å²) in [4.78, 5) is 11.5. The van der Waals surface area contributed by atoms with Gasteiger partial charge in [-0.25, -0.2) is 0 Å². The zero-order valence-electron chi connectivity index (χ0n) is 26.2. The molecular weight excluding hydrogens is 464 g/mol. The third kappa shape index (κ3) is 5.77. The van der Waals surface area contributed by atoms with Crippen LogP contribution in [0.1, 0.15) is 112 Å². The van der Waals surface area contributed by atoms with Gasteiger partial charge in [0.2, 0.25) is 0 Å². The maximum Gasteiger partial charge on any atom is 0.0102 e. The molecule has 38 heavy (non-hydrogen) atoms. The van der Waals surface area contributed by atoms with Gasteiger partial charge in [0.1, 0.15) is 0 Å². The third-order valence-electron chi connectivity index (χ3n) is 12.5. The van der Waals surface area contributed by atoms with Crippen LogP contribution in [0.3, 0.4) is 0 Å². The Balaban J connectivity index is 0.987. The van der Waals surface area contributed by atoms with Crippen molar-refractivity contribution in [2.45, 2.75) is 136 Å². The summed E-state index contributed by atoms with van der Waals surface area (Å²) in [6, 6.07) is 3.24. The first-order valence-corrected chi connectivity index (χ1v) is 17.0. The van der Waals surface area contributed by atoms with Crippen molar-refractivity contribution in [3.8, 4) is 0 Å². The molecule has 0 aromatic rings. The Morgan fingerprint density at radius 2 is 1.34 bits per heavy atom. The molecule has 4 saturated heterocycles. The Morgan fingerprint density at radius 1 is 0.737 bits per heavy atom. The Kier molecular flexibility index (Phi) is 7.80. The van der Waals surface area contributed by atoms with Gasteiger partial charge in [-0.05, 0) is 113 Å². The topological polar surface area (TPSA) is 13.0 Å². The number of nitrogens with zero attached hydrogens (tertiary/aromatic N) is 4. The molecule has 0 N–H and O–H groups in total. The molecule has 4 heterocycles. The monoisotopic (exact) mass is 526 g/mol. The molecule has 0 aromatic heterocycles. The van der Waals surface area contributed by atoms with Crippen molar-refractivity contribution in [1.82, 2.24) is 19.6 Å². The third-order valence-corrected chi connectivity index (χ3v) is 12.5. The Morgan fingerprint density at radius 3 is 1.92 bits per heavy atom. The fourth-order valence-electron chi connectivity index (χ4n) is 10.4. The van der Waals surface area contributed by atoms with E-state index in [1.807, 2.05) is 0 Å². The smallest absolute Gasteiger partial charge is 0.0102 e. The van der Waals surface area contributed by atoms with Crippen molar-refractivity contribution in [1.29, 1.82) is 0 Å². The zero-order valence-corrected chi connectivity index (χ0v) is 26.2. The highest BCUT2D eigenvalue weighted by Gasteiger charge is 2.50. The van der Waals surface area contributed by atoms with Gasteiger partial charge in [-0.1, -0.05) is 33.6 Å². The van der Waals surface area contributed by atoms with E-state index >= 15 is 0 Å². The Bertz CT molecular complexity index is 809. The lowest BCUT2D eigenvalue weighted by molar-refractivity contribution is -0.0840. The van der Waals surface area contributed by atoms with Crippen molar-refractivity contribution in [3.63, 3.8) is 0 Å². The van der Waals surface area contributed by atoms with E-state index in [0.717, 1.165) is 36.0 Å². The van der Waals surface area contributed by atoms with E-state index in [-0.39, 0.29) is 0 Å². The van der Waals surface area contributed by atoms with Gasteiger partial charge >= 0.3 is 0 Å². The summed E-state index contributed by atoms with van der Waals surface area (Å²) in [7, 11) is 0. The lowest BCUT2D eigenvalue weighted by atomic mass is 9.65. The minimum absolute atomic E-state index is 0.542. The van der Waals surface area contributed by atoms with Crippen molar-refractivity contribution in [2.24, 2.45) is 28.1 Å². The van der Waals surface area contributed by atoms with Gasteiger partial charge in [0.15, 0.2) is 0 Å². The van der Waals surface area contributed by atoms with Crippen molar-refractivity contribution >= 4 is 0 Å². The molecule has 0 bridgehead atoms. The molecule has 2 spiro atoms. The summed E-state index contributed by atoms with van der Waals surface area (Å²) in [6.07, 6.45) is 16.1. The average molecular weight is 527 g/mol. The number of rotatable bonds is 6. The van der Waals surface area contributed by atoms with E-state index in [9.17, 15) is 0 Å². The van der Waals surface area contributed by atoms with Crippen LogP contribution < -0.4 is 0 Å². The second-order valence-electron chi connectivity index (χ2n) is 17.0. The summed E-state index contributed by atoms with van der Waals surface area (Å²) in [5.41, 5.74) is 1.85. The molecule has 0 radical (unpaired) electrons. The molecule has 0 amide bonds. The minimum Gasteiger partial charge on any atom is -0.300 e. The predicted octanol–water partition coefficient (Wildman–Crippen LogP) is 6.35. The Labute approximate surface area is 236 Å². The highest BCUT2D eigenvalue weighted by molar-refractivity contribution is 5.04. The average Bonchev–Trinajstić information content (AvgIpc) is 3.20. The molecule has 4 nitrogen and oxygen atoms in total. The normalized spacial score (nSPS) is 38.9. The van der Waals surface area contributed by atoms with Gasteiger partial charge in [-0.2, -0.15) is 0 Å². The van der Waals surface area contributed by atoms with Crippen LogP contribution in [-0.2, 0) is 0 Å². The van der Waals surface area contributed by atoms with Crippen LogP contribution in [0.15, 0.2) is 0 Å². The van der Waals surface area contributed by atoms with Gasteiger partial charge in [0, 0.05) is 70.0 Å². The van der Waals surface area contributed by atoms with Gasteiger partial charge < -0.3 is 0 Å². The van der Waals surface area contributed by atoms with E-state index in [1.165, 1.54) is 123 Å². The van der Waals surface area contributed by atoms with Crippen LogP contribution >= 0.6 is 0 Å². The molecule has 0 aromatic carbocycles. The minimum atomic E-state index is 0.542. The van der Waals surface area contributed by atoms with Crippen LogP contribution in [0.25, 0.3) is 0 Å². The van der Waals surface area contributed by atoms with Gasteiger partial charge in [-0.3, -0.25) is 19.6 Å². The maximum absolute atomic E-state index is 2.99. The molecule has 5 atom stereocenters. The van der Waals surface area contributed by atoms with E-state index in [2.05, 4.69) is 61.1 Å². The fourth-order valence-corrected chi connectivity index (χ4v) is 10.4. The molecule has 6 aliphatic rings. The number of hydrogen-bond acceptors (Lipinski definition) is 4. The standard InChI is InChI=1S/C34H62N4/c1-26(2)37-22-33(23-37)11-8-10-31(18-33)36-19-27(3)15-29(20-36)16-28(4)38-24-34(25-38)12-7-9-30(17-34)35-14-13-32(5,6)21-35/h26-31H,7-25H2,1-6H3. The van der Waals surface area contributed by atoms with E-state index in [0.29, 0.717) is 16.2 Å². The van der Waals surface area contributed by atoms with Gasteiger partial charge in [0.05, 0.1) is 0 Å². The number of piperidine rings is 1. The predicted molar refractivity (Wildman–Crippen MR) is 161 cm³/mol. The Hall–Kier alpha value is -0.160. The van der Waals surface area contributed by atoms with Gasteiger partial charge in [0.25, 0.3) is 0 Å². The SMILES string of the molecule is CC1CC(CC(C)N2CC3(CCCC(N4CCC(C)(C)C4)C3)C2)CN(C2CCCC3(C2)CN(C(C)C)C3)C1. The molecular formula is C34H62N4. The molecule has 218 valence electrons. The molecule has 2 saturated carbocycles. The van der Waals surface area contributed by atoms with Crippen LogP contribution in [0.5, 0.6) is 0 Å². The summed E-state index contributed by atoms with van der Waals surface area (Å²) >= 11 is 0. The van der Waals surface area contributed by atoms with Crippen molar-refractivity contribution < 1.29 is 0 Å². The fraction of sp³-hybridized carbons (Fsp3) is 1.00. The maximum atomic E-state index is 2.99. The lowest BCUT2D eigenvalue weighted by Crippen LogP contribution is -2.63. The lowest BCUT2D eigenvalue weighted by Gasteiger charge is -2.58. The first-order chi connectivity index (χ1) is 18.0. The molecule has 5 unspecified atom stereocenters. The molecule has 4 aliphatic heterocycles. The molecule has 2 aliphatic carbocycles. The van der Waals surface area contributed by atoms with Gasteiger partial charge in [-0.15, -0.1) is 0 Å². The van der Waals surface area contributed by atoms with Crippen molar-refractivity contribution in [3.05, 3.63) is 0 Å². The summed E-state index contributed by atoms with van der Waals surface area (Å²) in [5, 5.41) is 0. The van der Waals surface area contributed by atoms with E-state index in [4.69, 9.17) is 0 Å². The summed E-state index contributed by atoms with van der Waals surface area (Å²) in [5.74, 6) is 1.78.